The number of ketones is 1. The average molecular weight is 384 g/mol. The Labute approximate surface area is 164 Å². The number of rotatable bonds is 5. The summed E-state index contributed by atoms with van der Waals surface area (Å²) in [6, 6.07) is 10.2. The fraction of sp³-hybridized carbons (Fsp3) is 0.429. The molecule has 2 aromatic rings. The monoisotopic (exact) mass is 383 g/mol. The number of urea groups is 1. The molecular formula is C21H25N3O2S. The predicted octanol–water partition coefficient (Wildman–Crippen LogP) is 3.68. The SMILES string of the molecule is Cc1ccsc1C(=O)C1CCCN(Cc2ccc(N3CCNC3=O)cc2)C1. The topological polar surface area (TPSA) is 52.7 Å². The Kier molecular flexibility index (Phi) is 5.27. The van der Waals surface area contributed by atoms with Crippen molar-refractivity contribution in [3.8, 4) is 0 Å². The number of Topliss-reactive ketones (excluding diaryl/α,β-unsaturated/α-hetero) is 1. The van der Waals surface area contributed by atoms with Gasteiger partial charge in [-0.05, 0) is 61.0 Å². The number of amides is 2. The van der Waals surface area contributed by atoms with Crippen LogP contribution < -0.4 is 10.2 Å². The van der Waals surface area contributed by atoms with Crippen LogP contribution in [0.4, 0.5) is 10.5 Å². The zero-order chi connectivity index (χ0) is 18.8. The molecule has 27 heavy (non-hydrogen) atoms. The lowest BCUT2D eigenvalue weighted by molar-refractivity contribution is 0.0815. The molecule has 2 aliphatic rings. The predicted molar refractivity (Wildman–Crippen MR) is 109 cm³/mol. The molecule has 1 atom stereocenters. The first-order valence-corrected chi connectivity index (χ1v) is 10.4. The minimum atomic E-state index is -0.0241. The van der Waals surface area contributed by atoms with Crippen LogP contribution in [-0.2, 0) is 6.54 Å². The molecule has 1 unspecified atom stereocenters. The maximum atomic E-state index is 12.8. The fourth-order valence-corrected chi connectivity index (χ4v) is 4.93. The standard InChI is InChI=1S/C21H25N3O2S/c1-15-8-12-27-20(15)19(25)17-3-2-10-23(14-17)13-16-4-6-18(7-5-16)24-11-9-22-21(24)26/h4-8,12,17H,2-3,9-11,13-14H2,1H3,(H,22,26). The van der Waals surface area contributed by atoms with E-state index in [1.807, 2.05) is 30.5 Å². The third-order valence-electron chi connectivity index (χ3n) is 5.47. The zero-order valence-electron chi connectivity index (χ0n) is 15.6. The molecule has 142 valence electrons. The summed E-state index contributed by atoms with van der Waals surface area (Å²) in [5.74, 6) is 0.409. The molecule has 5 nitrogen and oxygen atoms in total. The molecule has 6 heteroatoms. The number of likely N-dealkylation sites (tertiary alicyclic amines) is 1. The van der Waals surface area contributed by atoms with Crippen molar-refractivity contribution < 1.29 is 9.59 Å². The summed E-state index contributed by atoms with van der Waals surface area (Å²) in [4.78, 5) is 29.7. The molecule has 0 spiro atoms. The highest BCUT2D eigenvalue weighted by Gasteiger charge is 2.28. The summed E-state index contributed by atoms with van der Waals surface area (Å²) in [6.07, 6.45) is 2.04. The molecular weight excluding hydrogens is 358 g/mol. The second kappa shape index (κ2) is 7.82. The summed E-state index contributed by atoms with van der Waals surface area (Å²) < 4.78 is 0. The van der Waals surface area contributed by atoms with Crippen LogP contribution in [0.1, 0.15) is 33.6 Å². The van der Waals surface area contributed by atoms with E-state index in [4.69, 9.17) is 0 Å². The van der Waals surface area contributed by atoms with Gasteiger partial charge in [0, 0.05) is 37.8 Å². The van der Waals surface area contributed by atoms with Crippen LogP contribution in [0, 0.1) is 12.8 Å². The van der Waals surface area contributed by atoms with Crippen LogP contribution in [0.3, 0.4) is 0 Å². The minimum Gasteiger partial charge on any atom is -0.336 e. The number of benzene rings is 1. The van der Waals surface area contributed by atoms with Crippen LogP contribution in [0.15, 0.2) is 35.7 Å². The van der Waals surface area contributed by atoms with Crippen LogP contribution in [0.2, 0.25) is 0 Å². The lowest BCUT2D eigenvalue weighted by atomic mass is 9.92. The Balaban J connectivity index is 1.38. The fourth-order valence-electron chi connectivity index (χ4n) is 3.98. The van der Waals surface area contributed by atoms with Gasteiger partial charge in [-0.25, -0.2) is 4.79 Å². The number of hydrogen-bond donors (Lipinski definition) is 1. The Morgan fingerprint density at radius 2 is 2.04 bits per heavy atom. The number of thiophene rings is 1. The number of piperidine rings is 1. The molecule has 1 aromatic heterocycles. The van der Waals surface area contributed by atoms with Gasteiger partial charge in [-0.1, -0.05) is 12.1 Å². The maximum Gasteiger partial charge on any atom is 0.321 e. The van der Waals surface area contributed by atoms with Crippen molar-refractivity contribution in [3.63, 3.8) is 0 Å². The van der Waals surface area contributed by atoms with Crippen molar-refractivity contribution in [3.05, 3.63) is 51.7 Å². The minimum absolute atomic E-state index is 0.0241. The van der Waals surface area contributed by atoms with Gasteiger partial charge in [-0.3, -0.25) is 14.6 Å². The molecule has 1 aromatic carbocycles. The third kappa shape index (κ3) is 3.92. The van der Waals surface area contributed by atoms with Crippen molar-refractivity contribution in [2.75, 3.05) is 31.1 Å². The third-order valence-corrected chi connectivity index (χ3v) is 6.50. The van der Waals surface area contributed by atoms with E-state index in [0.29, 0.717) is 12.3 Å². The van der Waals surface area contributed by atoms with Crippen molar-refractivity contribution >= 4 is 28.8 Å². The number of nitrogens with zero attached hydrogens (tertiary/aromatic N) is 2. The second-order valence-corrected chi connectivity index (χ2v) is 8.34. The summed E-state index contributed by atoms with van der Waals surface area (Å²) in [6.45, 7) is 6.14. The van der Waals surface area contributed by atoms with E-state index >= 15 is 0 Å². The summed E-state index contributed by atoms with van der Waals surface area (Å²) in [5.41, 5.74) is 3.26. The molecule has 4 rings (SSSR count). The molecule has 2 saturated heterocycles. The lowest BCUT2D eigenvalue weighted by Crippen LogP contribution is -2.38. The average Bonchev–Trinajstić information content (AvgIpc) is 3.30. The van der Waals surface area contributed by atoms with E-state index in [9.17, 15) is 9.59 Å². The van der Waals surface area contributed by atoms with E-state index in [1.54, 1.807) is 16.2 Å². The number of aryl methyl sites for hydroxylation is 1. The molecule has 3 heterocycles. The van der Waals surface area contributed by atoms with Crippen LogP contribution in [0.5, 0.6) is 0 Å². The molecule has 0 saturated carbocycles. The Morgan fingerprint density at radius 3 is 2.70 bits per heavy atom. The van der Waals surface area contributed by atoms with Crippen molar-refractivity contribution in [2.45, 2.75) is 26.3 Å². The van der Waals surface area contributed by atoms with Gasteiger partial charge in [0.15, 0.2) is 5.78 Å². The molecule has 2 aliphatic heterocycles. The largest absolute Gasteiger partial charge is 0.336 e. The van der Waals surface area contributed by atoms with Gasteiger partial charge in [0.1, 0.15) is 0 Å². The Hall–Kier alpha value is -2.18. The Bertz CT molecular complexity index is 830. The van der Waals surface area contributed by atoms with Crippen LogP contribution >= 0.6 is 11.3 Å². The zero-order valence-corrected chi connectivity index (χ0v) is 16.4. The van der Waals surface area contributed by atoms with Crippen molar-refractivity contribution in [1.29, 1.82) is 0 Å². The number of carbonyl (C=O) groups excluding carboxylic acids is 2. The molecule has 0 aliphatic carbocycles. The van der Waals surface area contributed by atoms with E-state index in [2.05, 4.69) is 22.3 Å². The van der Waals surface area contributed by atoms with Gasteiger partial charge < -0.3 is 5.32 Å². The van der Waals surface area contributed by atoms with Gasteiger partial charge in [-0.15, -0.1) is 11.3 Å². The number of anilines is 1. The van der Waals surface area contributed by atoms with Gasteiger partial charge in [-0.2, -0.15) is 0 Å². The molecule has 0 bridgehead atoms. The van der Waals surface area contributed by atoms with Crippen molar-refractivity contribution in [1.82, 2.24) is 10.2 Å². The smallest absolute Gasteiger partial charge is 0.321 e. The summed E-state index contributed by atoms with van der Waals surface area (Å²) >= 11 is 1.56. The van der Waals surface area contributed by atoms with E-state index < -0.39 is 0 Å². The first-order valence-electron chi connectivity index (χ1n) is 9.57. The molecule has 1 N–H and O–H groups in total. The molecule has 0 radical (unpaired) electrons. The Morgan fingerprint density at radius 1 is 1.22 bits per heavy atom. The highest BCUT2D eigenvalue weighted by molar-refractivity contribution is 7.12. The highest BCUT2D eigenvalue weighted by Crippen LogP contribution is 2.27. The summed E-state index contributed by atoms with van der Waals surface area (Å²) in [5, 5.41) is 4.83. The van der Waals surface area contributed by atoms with Gasteiger partial charge in [0.2, 0.25) is 0 Å². The maximum absolute atomic E-state index is 12.8. The van der Waals surface area contributed by atoms with Crippen LogP contribution in [-0.4, -0.2) is 42.9 Å². The highest BCUT2D eigenvalue weighted by atomic mass is 32.1. The second-order valence-electron chi connectivity index (χ2n) is 7.42. The number of nitrogens with one attached hydrogen (secondary N) is 1. The van der Waals surface area contributed by atoms with E-state index in [1.165, 1.54) is 5.56 Å². The van der Waals surface area contributed by atoms with Gasteiger partial charge in [0.25, 0.3) is 0 Å². The first kappa shape index (κ1) is 18.2. The van der Waals surface area contributed by atoms with Crippen LogP contribution in [0.25, 0.3) is 0 Å². The number of carbonyl (C=O) groups is 2. The molecule has 2 amide bonds. The van der Waals surface area contributed by atoms with Gasteiger partial charge in [0.05, 0.1) is 4.88 Å². The van der Waals surface area contributed by atoms with E-state index in [-0.39, 0.29) is 11.9 Å². The first-order chi connectivity index (χ1) is 13.1. The van der Waals surface area contributed by atoms with Crippen molar-refractivity contribution in [2.24, 2.45) is 5.92 Å². The molecule has 2 fully saturated rings. The van der Waals surface area contributed by atoms with E-state index in [0.717, 1.165) is 55.1 Å². The van der Waals surface area contributed by atoms with Gasteiger partial charge >= 0.3 is 6.03 Å². The lowest BCUT2D eigenvalue weighted by Gasteiger charge is -2.32. The summed E-state index contributed by atoms with van der Waals surface area (Å²) in [7, 11) is 0. The quantitative estimate of drug-likeness (QED) is 0.802. The number of hydrogen-bond acceptors (Lipinski definition) is 4. The normalized spacial score (nSPS) is 20.7.